The second kappa shape index (κ2) is 5.96. The van der Waals surface area contributed by atoms with Gasteiger partial charge in [-0.25, -0.2) is 0 Å². The minimum atomic E-state index is -4.72. The first-order valence-corrected chi connectivity index (χ1v) is 6.92. The molecule has 0 fully saturated rings. The SMILES string of the molecule is O=C1COc2ccc(NC(=O)c3ccc(C(F)(F)F)[nH]c3=O)cc2N1. The number of pyridine rings is 1. The van der Waals surface area contributed by atoms with Gasteiger partial charge in [-0.3, -0.25) is 14.4 Å². The molecule has 2 aromatic rings. The molecule has 10 heteroatoms. The quantitative estimate of drug-likeness (QED) is 0.768. The number of halogens is 3. The molecule has 1 aliphatic rings. The number of rotatable bonds is 2. The molecule has 1 aliphatic heterocycles. The van der Waals surface area contributed by atoms with E-state index in [1.807, 2.05) is 0 Å². The van der Waals surface area contributed by atoms with Gasteiger partial charge in [0.2, 0.25) is 0 Å². The van der Waals surface area contributed by atoms with Crippen LogP contribution in [0.5, 0.6) is 5.75 Å². The van der Waals surface area contributed by atoms with E-state index in [4.69, 9.17) is 4.74 Å². The number of anilines is 2. The van der Waals surface area contributed by atoms with Gasteiger partial charge in [-0.2, -0.15) is 13.2 Å². The van der Waals surface area contributed by atoms with E-state index in [2.05, 4.69) is 10.6 Å². The zero-order valence-corrected chi connectivity index (χ0v) is 12.4. The average Bonchev–Trinajstić information content (AvgIpc) is 2.53. The number of hydrogen-bond donors (Lipinski definition) is 3. The van der Waals surface area contributed by atoms with Crippen molar-refractivity contribution in [3.8, 4) is 5.75 Å². The fraction of sp³-hybridized carbons (Fsp3) is 0.133. The Bertz CT molecular complexity index is 921. The van der Waals surface area contributed by atoms with Crippen LogP contribution in [0.1, 0.15) is 16.1 Å². The Morgan fingerprint density at radius 1 is 1.16 bits per heavy atom. The van der Waals surface area contributed by atoms with Crippen molar-refractivity contribution in [2.24, 2.45) is 0 Å². The summed E-state index contributed by atoms with van der Waals surface area (Å²) in [5, 5.41) is 4.92. The Balaban J connectivity index is 1.82. The lowest BCUT2D eigenvalue weighted by Gasteiger charge is -2.18. The molecule has 130 valence electrons. The highest BCUT2D eigenvalue weighted by molar-refractivity contribution is 6.05. The van der Waals surface area contributed by atoms with Gasteiger partial charge < -0.3 is 20.4 Å². The van der Waals surface area contributed by atoms with E-state index in [0.29, 0.717) is 17.5 Å². The van der Waals surface area contributed by atoms with Crippen molar-refractivity contribution in [3.63, 3.8) is 0 Å². The van der Waals surface area contributed by atoms with Gasteiger partial charge in [0.05, 0.1) is 5.69 Å². The maximum Gasteiger partial charge on any atom is 0.431 e. The van der Waals surface area contributed by atoms with Gasteiger partial charge in [-0.1, -0.05) is 0 Å². The number of H-pyrrole nitrogens is 1. The van der Waals surface area contributed by atoms with Crippen molar-refractivity contribution in [1.29, 1.82) is 0 Å². The topological polar surface area (TPSA) is 100 Å². The molecule has 0 unspecified atom stereocenters. The van der Waals surface area contributed by atoms with E-state index in [1.165, 1.54) is 18.2 Å². The van der Waals surface area contributed by atoms with Crippen molar-refractivity contribution in [2.75, 3.05) is 17.2 Å². The molecule has 0 saturated carbocycles. The van der Waals surface area contributed by atoms with E-state index in [1.54, 1.807) is 4.98 Å². The van der Waals surface area contributed by atoms with Crippen LogP contribution in [-0.2, 0) is 11.0 Å². The van der Waals surface area contributed by atoms with Crippen LogP contribution in [0.2, 0.25) is 0 Å². The minimum Gasteiger partial charge on any atom is -0.482 e. The summed E-state index contributed by atoms with van der Waals surface area (Å²) in [7, 11) is 0. The molecule has 3 rings (SSSR count). The van der Waals surface area contributed by atoms with Crippen molar-refractivity contribution in [3.05, 3.63) is 51.9 Å². The van der Waals surface area contributed by atoms with Crippen LogP contribution in [-0.4, -0.2) is 23.4 Å². The Labute approximate surface area is 137 Å². The number of aromatic nitrogens is 1. The summed E-state index contributed by atoms with van der Waals surface area (Å²) in [6.45, 7) is -0.125. The summed E-state index contributed by atoms with van der Waals surface area (Å²) in [5.41, 5.74) is -2.33. The smallest absolute Gasteiger partial charge is 0.431 e. The Morgan fingerprint density at radius 2 is 1.92 bits per heavy atom. The summed E-state index contributed by atoms with van der Waals surface area (Å²) in [4.78, 5) is 36.7. The third-order valence-corrected chi connectivity index (χ3v) is 3.33. The summed E-state index contributed by atoms with van der Waals surface area (Å²) in [6, 6.07) is 5.77. The van der Waals surface area contributed by atoms with E-state index in [-0.39, 0.29) is 18.2 Å². The number of aromatic amines is 1. The molecule has 3 N–H and O–H groups in total. The molecule has 0 bridgehead atoms. The van der Waals surface area contributed by atoms with Crippen LogP contribution in [0, 0.1) is 0 Å². The predicted molar refractivity (Wildman–Crippen MR) is 80.6 cm³/mol. The zero-order chi connectivity index (χ0) is 18.2. The number of amides is 2. The lowest BCUT2D eigenvalue weighted by atomic mass is 10.2. The number of ether oxygens (including phenoxy) is 1. The first kappa shape index (κ1) is 16.6. The molecule has 0 aliphatic carbocycles. The highest BCUT2D eigenvalue weighted by Crippen LogP contribution is 2.30. The van der Waals surface area contributed by atoms with Gasteiger partial charge in [0, 0.05) is 5.69 Å². The van der Waals surface area contributed by atoms with Crippen molar-refractivity contribution in [1.82, 2.24) is 4.98 Å². The summed E-state index contributed by atoms with van der Waals surface area (Å²) < 4.78 is 42.7. The average molecular weight is 353 g/mol. The van der Waals surface area contributed by atoms with Crippen LogP contribution in [0.4, 0.5) is 24.5 Å². The number of alkyl halides is 3. The van der Waals surface area contributed by atoms with Gasteiger partial charge in [0.1, 0.15) is 17.0 Å². The molecule has 2 heterocycles. The molecule has 0 spiro atoms. The van der Waals surface area contributed by atoms with Crippen LogP contribution < -0.4 is 20.9 Å². The van der Waals surface area contributed by atoms with Crippen molar-refractivity contribution >= 4 is 23.2 Å². The third-order valence-electron chi connectivity index (χ3n) is 3.33. The fourth-order valence-electron chi connectivity index (χ4n) is 2.18. The summed E-state index contributed by atoms with van der Waals surface area (Å²) >= 11 is 0. The van der Waals surface area contributed by atoms with E-state index in [9.17, 15) is 27.6 Å². The number of carbonyl (C=O) groups excluding carboxylic acids is 2. The van der Waals surface area contributed by atoms with Crippen LogP contribution in [0.3, 0.4) is 0 Å². The molecule has 2 amide bonds. The third kappa shape index (κ3) is 3.47. The molecule has 0 atom stereocenters. The molecule has 0 saturated heterocycles. The van der Waals surface area contributed by atoms with Crippen molar-refractivity contribution < 1.29 is 27.5 Å². The van der Waals surface area contributed by atoms with E-state index in [0.717, 1.165) is 6.07 Å². The Kier molecular flexibility index (Phi) is 3.95. The predicted octanol–water partition coefficient (Wildman–Crippen LogP) is 1.98. The molecule has 0 radical (unpaired) electrons. The van der Waals surface area contributed by atoms with Gasteiger partial charge in [0.25, 0.3) is 17.4 Å². The van der Waals surface area contributed by atoms with E-state index >= 15 is 0 Å². The Morgan fingerprint density at radius 3 is 2.60 bits per heavy atom. The molecular weight excluding hydrogens is 343 g/mol. The standard InChI is InChI=1S/C15H10F3N3O4/c16-15(17,18)11-4-2-8(14(24)21-11)13(23)19-7-1-3-10-9(5-7)20-12(22)6-25-10/h1-5H,6H2,(H,19,23)(H,20,22)(H,21,24). The van der Waals surface area contributed by atoms with Gasteiger partial charge in [-0.15, -0.1) is 0 Å². The lowest BCUT2D eigenvalue weighted by Crippen LogP contribution is -2.26. The number of carbonyl (C=O) groups is 2. The fourth-order valence-corrected chi connectivity index (χ4v) is 2.18. The maximum atomic E-state index is 12.5. The largest absolute Gasteiger partial charge is 0.482 e. The molecule has 7 nitrogen and oxygen atoms in total. The second-order valence-electron chi connectivity index (χ2n) is 5.11. The van der Waals surface area contributed by atoms with Crippen LogP contribution in [0.25, 0.3) is 0 Å². The van der Waals surface area contributed by atoms with Crippen LogP contribution in [0.15, 0.2) is 35.1 Å². The highest BCUT2D eigenvalue weighted by atomic mass is 19.4. The molecule has 25 heavy (non-hydrogen) atoms. The van der Waals surface area contributed by atoms with Gasteiger partial charge in [0.15, 0.2) is 6.61 Å². The normalized spacial score (nSPS) is 13.5. The monoisotopic (exact) mass is 353 g/mol. The summed E-state index contributed by atoms with van der Waals surface area (Å²) in [5.74, 6) is -0.849. The Hall–Kier alpha value is -3.30. The van der Waals surface area contributed by atoms with Gasteiger partial charge in [-0.05, 0) is 30.3 Å². The van der Waals surface area contributed by atoms with Gasteiger partial charge >= 0.3 is 6.18 Å². The van der Waals surface area contributed by atoms with Crippen LogP contribution >= 0.6 is 0 Å². The lowest BCUT2D eigenvalue weighted by molar-refractivity contribution is -0.141. The minimum absolute atomic E-state index is 0.125. The highest BCUT2D eigenvalue weighted by Gasteiger charge is 2.32. The number of nitrogens with one attached hydrogen (secondary N) is 3. The first-order valence-electron chi connectivity index (χ1n) is 6.92. The number of hydrogen-bond acceptors (Lipinski definition) is 4. The molecule has 1 aromatic heterocycles. The number of benzene rings is 1. The van der Waals surface area contributed by atoms with Crippen molar-refractivity contribution in [2.45, 2.75) is 6.18 Å². The molecule has 1 aromatic carbocycles. The number of fused-ring (bicyclic) bond motifs is 1. The maximum absolute atomic E-state index is 12.5. The molecular formula is C15H10F3N3O4. The summed E-state index contributed by atoms with van der Waals surface area (Å²) in [6.07, 6.45) is -4.72. The first-order chi connectivity index (χ1) is 11.7. The second-order valence-corrected chi connectivity index (χ2v) is 5.11. The van der Waals surface area contributed by atoms with E-state index < -0.39 is 28.9 Å². The zero-order valence-electron chi connectivity index (χ0n) is 12.4.